The zero-order valence-corrected chi connectivity index (χ0v) is 13.5. The maximum atomic E-state index is 12.3. The Kier molecular flexibility index (Phi) is 3.94. The van der Waals surface area contributed by atoms with E-state index in [0.717, 1.165) is 26.1 Å². The van der Waals surface area contributed by atoms with Gasteiger partial charge in [-0.3, -0.25) is 4.90 Å². The molecular weight excluding hydrogens is 286 g/mol. The number of carbonyl (C=O) groups is 1. The number of aliphatic hydroxyl groups is 1. The van der Waals surface area contributed by atoms with Crippen LogP contribution in [0, 0.1) is 0 Å². The molecule has 21 heavy (non-hydrogen) atoms. The normalized spacial score (nSPS) is 30.6. The van der Waals surface area contributed by atoms with E-state index in [-0.39, 0.29) is 6.03 Å². The van der Waals surface area contributed by atoms with Gasteiger partial charge in [-0.2, -0.15) is 0 Å². The van der Waals surface area contributed by atoms with Crippen molar-refractivity contribution in [2.24, 2.45) is 0 Å². The van der Waals surface area contributed by atoms with Crippen molar-refractivity contribution in [3.8, 4) is 0 Å². The Bertz CT molecular complexity index is 507. The zero-order chi connectivity index (χ0) is 15.0. The molecule has 1 aromatic rings. The molecule has 1 spiro atoms. The van der Waals surface area contributed by atoms with Gasteiger partial charge in [0.25, 0.3) is 0 Å². The summed E-state index contributed by atoms with van der Waals surface area (Å²) >= 11 is 1.76. The van der Waals surface area contributed by atoms with Crippen LogP contribution >= 0.6 is 11.3 Å². The Hall–Kier alpha value is -1.11. The minimum absolute atomic E-state index is 0.0366. The molecule has 3 heterocycles. The van der Waals surface area contributed by atoms with E-state index in [9.17, 15) is 9.90 Å². The van der Waals surface area contributed by atoms with Crippen LogP contribution in [0.15, 0.2) is 17.5 Å². The number of rotatable bonds is 3. The van der Waals surface area contributed by atoms with E-state index in [4.69, 9.17) is 0 Å². The first-order valence-corrected chi connectivity index (χ1v) is 8.40. The molecule has 2 aliphatic rings. The fourth-order valence-corrected chi connectivity index (χ4v) is 4.48. The Balaban J connectivity index is 1.81. The lowest BCUT2D eigenvalue weighted by atomic mass is 9.85. The van der Waals surface area contributed by atoms with Gasteiger partial charge in [-0.1, -0.05) is 6.07 Å². The number of hydrogen-bond donors (Lipinski definition) is 1. The standard InChI is InChI=1S/C15H23N3O2S/c1-3-18-14(20)16(2)10-15(18)11-17(7-6-13(15)19)9-12-5-4-8-21-12/h4-5,8,13,19H,3,6-7,9-11H2,1-2H3/t13-,15-/m0/s1. The number of amides is 2. The van der Waals surface area contributed by atoms with Crippen LogP contribution in [0.25, 0.3) is 0 Å². The summed E-state index contributed by atoms with van der Waals surface area (Å²) in [4.78, 5) is 19.6. The third kappa shape index (κ3) is 2.45. The molecule has 2 atom stereocenters. The van der Waals surface area contributed by atoms with Crippen molar-refractivity contribution in [1.29, 1.82) is 0 Å². The number of urea groups is 1. The van der Waals surface area contributed by atoms with Gasteiger partial charge in [0, 0.05) is 44.6 Å². The summed E-state index contributed by atoms with van der Waals surface area (Å²) in [6, 6.07) is 4.25. The third-order valence-corrected chi connectivity index (χ3v) is 5.58. The molecule has 116 valence electrons. The second-order valence-electron chi connectivity index (χ2n) is 6.08. The number of likely N-dealkylation sites (tertiary alicyclic amines) is 1. The highest BCUT2D eigenvalue weighted by atomic mass is 32.1. The van der Waals surface area contributed by atoms with Crippen LogP contribution in [0.5, 0.6) is 0 Å². The maximum absolute atomic E-state index is 12.3. The van der Waals surface area contributed by atoms with Crippen molar-refractivity contribution in [1.82, 2.24) is 14.7 Å². The van der Waals surface area contributed by atoms with Gasteiger partial charge in [0.15, 0.2) is 0 Å². The fourth-order valence-electron chi connectivity index (χ4n) is 3.73. The van der Waals surface area contributed by atoms with Gasteiger partial charge >= 0.3 is 6.03 Å². The number of piperidine rings is 1. The van der Waals surface area contributed by atoms with Crippen LogP contribution < -0.4 is 0 Å². The molecule has 1 N–H and O–H groups in total. The molecule has 5 nitrogen and oxygen atoms in total. The minimum atomic E-state index is -0.448. The lowest BCUT2D eigenvalue weighted by Gasteiger charge is -2.47. The summed E-state index contributed by atoms with van der Waals surface area (Å²) in [6.07, 6.45) is 0.286. The fraction of sp³-hybridized carbons (Fsp3) is 0.667. The zero-order valence-electron chi connectivity index (χ0n) is 12.7. The van der Waals surface area contributed by atoms with E-state index in [1.54, 1.807) is 16.2 Å². The summed E-state index contributed by atoms with van der Waals surface area (Å²) in [6.45, 7) is 5.78. The average Bonchev–Trinajstić information content (AvgIpc) is 3.03. The summed E-state index contributed by atoms with van der Waals surface area (Å²) in [5.41, 5.74) is -0.448. The van der Waals surface area contributed by atoms with Crippen LogP contribution in [0.3, 0.4) is 0 Å². The average molecular weight is 309 g/mol. The molecule has 3 rings (SSSR count). The van der Waals surface area contributed by atoms with Crippen LogP contribution in [0.1, 0.15) is 18.2 Å². The third-order valence-electron chi connectivity index (χ3n) is 4.72. The molecule has 0 unspecified atom stereocenters. The van der Waals surface area contributed by atoms with Crippen LogP contribution in [-0.4, -0.2) is 70.7 Å². The van der Waals surface area contributed by atoms with E-state index in [1.807, 2.05) is 18.9 Å². The first-order chi connectivity index (χ1) is 10.1. The topological polar surface area (TPSA) is 47.0 Å². The van der Waals surface area contributed by atoms with E-state index < -0.39 is 11.6 Å². The Morgan fingerprint density at radius 2 is 2.29 bits per heavy atom. The van der Waals surface area contributed by atoms with Crippen molar-refractivity contribution in [3.05, 3.63) is 22.4 Å². The molecule has 2 fully saturated rings. The molecule has 0 radical (unpaired) electrons. The monoisotopic (exact) mass is 309 g/mol. The summed E-state index contributed by atoms with van der Waals surface area (Å²) in [5.74, 6) is 0. The SMILES string of the molecule is CCN1C(=O)N(C)C[C@@]12CN(Cc1cccs1)CC[C@@H]2O. The lowest BCUT2D eigenvalue weighted by molar-refractivity contribution is -0.0492. The highest BCUT2D eigenvalue weighted by Gasteiger charge is 2.54. The van der Waals surface area contributed by atoms with E-state index >= 15 is 0 Å². The van der Waals surface area contributed by atoms with Gasteiger partial charge in [-0.05, 0) is 24.8 Å². The number of aliphatic hydroxyl groups excluding tert-OH is 1. The molecular formula is C15H23N3O2S. The van der Waals surface area contributed by atoms with Crippen LogP contribution in [0.2, 0.25) is 0 Å². The minimum Gasteiger partial charge on any atom is -0.391 e. The van der Waals surface area contributed by atoms with Gasteiger partial charge in [0.1, 0.15) is 5.54 Å². The Labute approximate surface area is 129 Å². The number of thiophene rings is 1. The summed E-state index contributed by atoms with van der Waals surface area (Å²) < 4.78 is 0. The number of hydrogen-bond acceptors (Lipinski definition) is 4. The quantitative estimate of drug-likeness (QED) is 0.919. The summed E-state index contributed by atoms with van der Waals surface area (Å²) in [7, 11) is 1.82. The summed E-state index contributed by atoms with van der Waals surface area (Å²) in [5, 5.41) is 12.7. The first kappa shape index (κ1) is 14.8. The molecule has 2 amide bonds. The van der Waals surface area contributed by atoms with E-state index in [1.165, 1.54) is 4.88 Å². The highest BCUT2D eigenvalue weighted by Crippen LogP contribution is 2.35. The van der Waals surface area contributed by atoms with E-state index in [2.05, 4.69) is 22.4 Å². The number of nitrogens with zero attached hydrogens (tertiary/aromatic N) is 3. The van der Waals surface area contributed by atoms with Gasteiger partial charge in [0.05, 0.1) is 6.10 Å². The van der Waals surface area contributed by atoms with Crippen molar-refractivity contribution in [3.63, 3.8) is 0 Å². The predicted octanol–water partition coefficient (Wildman–Crippen LogP) is 1.44. The van der Waals surface area contributed by atoms with Gasteiger partial charge in [0.2, 0.25) is 0 Å². The van der Waals surface area contributed by atoms with Crippen molar-refractivity contribution < 1.29 is 9.90 Å². The van der Waals surface area contributed by atoms with Gasteiger partial charge in [-0.25, -0.2) is 4.79 Å². The molecule has 0 bridgehead atoms. The first-order valence-electron chi connectivity index (χ1n) is 7.52. The second kappa shape index (κ2) is 5.59. The van der Waals surface area contributed by atoms with Crippen LogP contribution in [0.4, 0.5) is 4.79 Å². The van der Waals surface area contributed by atoms with Crippen molar-refractivity contribution in [2.75, 3.05) is 33.2 Å². The van der Waals surface area contributed by atoms with Crippen molar-refractivity contribution in [2.45, 2.75) is 31.5 Å². The van der Waals surface area contributed by atoms with Gasteiger partial charge < -0.3 is 14.9 Å². The predicted molar refractivity (Wildman–Crippen MR) is 83.4 cm³/mol. The second-order valence-corrected chi connectivity index (χ2v) is 7.11. The highest BCUT2D eigenvalue weighted by molar-refractivity contribution is 7.09. The molecule has 0 aliphatic carbocycles. The van der Waals surface area contributed by atoms with E-state index in [0.29, 0.717) is 13.1 Å². The van der Waals surface area contributed by atoms with Gasteiger partial charge in [-0.15, -0.1) is 11.3 Å². The molecule has 1 aromatic heterocycles. The molecule has 0 saturated carbocycles. The largest absolute Gasteiger partial charge is 0.391 e. The lowest BCUT2D eigenvalue weighted by Crippen LogP contribution is -2.65. The smallest absolute Gasteiger partial charge is 0.320 e. The molecule has 2 aliphatic heterocycles. The maximum Gasteiger partial charge on any atom is 0.320 e. The molecule has 0 aromatic carbocycles. The Morgan fingerprint density at radius 1 is 1.48 bits per heavy atom. The Morgan fingerprint density at radius 3 is 2.95 bits per heavy atom. The van der Waals surface area contributed by atoms with Crippen LogP contribution in [-0.2, 0) is 6.54 Å². The number of likely N-dealkylation sites (N-methyl/N-ethyl adjacent to an activating group) is 2. The molecule has 6 heteroatoms. The molecule has 2 saturated heterocycles. The van der Waals surface area contributed by atoms with Crippen molar-refractivity contribution >= 4 is 17.4 Å². The number of carbonyl (C=O) groups excluding carboxylic acids is 1.